The highest BCUT2D eigenvalue weighted by Crippen LogP contribution is 2.37. The number of fused-ring (bicyclic) bond motifs is 1. The number of nitrogens with zero attached hydrogens (tertiary/aromatic N) is 1. The van der Waals surface area contributed by atoms with Gasteiger partial charge in [0.25, 0.3) is 0 Å². The van der Waals surface area contributed by atoms with Crippen LogP contribution in [0.1, 0.15) is 30.9 Å². The van der Waals surface area contributed by atoms with Gasteiger partial charge in [-0.1, -0.05) is 17.7 Å². The zero-order chi connectivity index (χ0) is 22.0. The molecule has 1 fully saturated rings. The summed E-state index contributed by atoms with van der Waals surface area (Å²) in [5.74, 6) is 1.26. The first-order chi connectivity index (χ1) is 14.8. The lowest BCUT2D eigenvalue weighted by Crippen LogP contribution is -2.33. The monoisotopic (exact) mass is 464 g/mol. The molecule has 1 N–H and O–H groups in total. The third-order valence-corrected chi connectivity index (χ3v) is 6.95. The zero-order valence-electron chi connectivity index (χ0n) is 17.3. The van der Waals surface area contributed by atoms with Gasteiger partial charge in [-0.3, -0.25) is 9.69 Å². The summed E-state index contributed by atoms with van der Waals surface area (Å²) in [6.07, 6.45) is 3.89. The average molecular weight is 465 g/mol. The van der Waals surface area contributed by atoms with Crippen molar-refractivity contribution in [2.24, 2.45) is 0 Å². The Hall–Kier alpha value is -2.29. The third-order valence-electron chi connectivity index (χ3n) is 5.51. The van der Waals surface area contributed by atoms with Crippen LogP contribution in [0.3, 0.4) is 0 Å². The van der Waals surface area contributed by atoms with E-state index < -0.39 is 9.84 Å². The second kappa shape index (κ2) is 9.06. The normalized spacial score (nSPS) is 19.1. The molecule has 0 radical (unpaired) electrons. The van der Waals surface area contributed by atoms with Crippen LogP contribution in [0, 0.1) is 0 Å². The maximum Gasteiger partial charge on any atom is 0.238 e. The van der Waals surface area contributed by atoms with Gasteiger partial charge in [0.05, 0.1) is 35.4 Å². The van der Waals surface area contributed by atoms with Crippen LogP contribution in [0.15, 0.2) is 41.3 Å². The molecule has 4 rings (SSSR count). The van der Waals surface area contributed by atoms with E-state index in [9.17, 15) is 13.2 Å². The summed E-state index contributed by atoms with van der Waals surface area (Å²) in [4.78, 5) is 15.0. The lowest BCUT2D eigenvalue weighted by atomic mass is 10.0. The van der Waals surface area contributed by atoms with E-state index in [2.05, 4.69) is 10.2 Å². The highest BCUT2D eigenvalue weighted by molar-refractivity contribution is 7.90. The van der Waals surface area contributed by atoms with E-state index in [1.165, 1.54) is 18.2 Å². The van der Waals surface area contributed by atoms with E-state index in [-0.39, 0.29) is 23.4 Å². The number of ether oxygens (including phenoxy) is 2. The van der Waals surface area contributed by atoms with Crippen molar-refractivity contribution in [3.63, 3.8) is 0 Å². The SMILES string of the molecule is CS(=O)(=O)c1ccc(Cl)c(NC(=O)CN2CCC[C@H]2c2ccc3c(c2)OCCCO3)c1. The Balaban J connectivity index is 1.47. The molecule has 2 aromatic carbocycles. The molecule has 31 heavy (non-hydrogen) atoms. The minimum Gasteiger partial charge on any atom is -0.490 e. The van der Waals surface area contributed by atoms with E-state index in [0.717, 1.165) is 49.1 Å². The minimum absolute atomic E-state index is 0.0979. The van der Waals surface area contributed by atoms with Crippen molar-refractivity contribution < 1.29 is 22.7 Å². The van der Waals surface area contributed by atoms with Crippen LogP contribution < -0.4 is 14.8 Å². The molecule has 2 aliphatic rings. The van der Waals surface area contributed by atoms with Crippen LogP contribution >= 0.6 is 11.6 Å². The Bertz CT molecular complexity index is 1090. The van der Waals surface area contributed by atoms with Crippen LogP contribution in [0.2, 0.25) is 5.02 Å². The number of benzene rings is 2. The van der Waals surface area contributed by atoms with E-state index >= 15 is 0 Å². The quantitative estimate of drug-likeness (QED) is 0.726. The molecular formula is C22H25ClN2O5S. The number of halogens is 1. The van der Waals surface area contributed by atoms with Gasteiger partial charge in [0.2, 0.25) is 5.91 Å². The molecule has 1 atom stereocenters. The molecular weight excluding hydrogens is 440 g/mol. The molecule has 2 heterocycles. The second-order valence-corrected chi connectivity index (χ2v) is 10.3. The molecule has 0 unspecified atom stereocenters. The van der Waals surface area contributed by atoms with Gasteiger partial charge in [0.1, 0.15) is 0 Å². The topological polar surface area (TPSA) is 84.9 Å². The van der Waals surface area contributed by atoms with Gasteiger partial charge in [-0.05, 0) is 55.3 Å². The average Bonchev–Trinajstić information content (AvgIpc) is 3.04. The number of anilines is 1. The minimum atomic E-state index is -3.40. The molecule has 7 nitrogen and oxygen atoms in total. The van der Waals surface area contributed by atoms with Crippen molar-refractivity contribution in [1.29, 1.82) is 0 Å². The van der Waals surface area contributed by atoms with E-state index in [1.54, 1.807) is 0 Å². The fourth-order valence-corrected chi connectivity index (χ4v) is 4.80. The van der Waals surface area contributed by atoms with Gasteiger partial charge in [0.15, 0.2) is 21.3 Å². The Morgan fingerprint density at radius 1 is 1.13 bits per heavy atom. The van der Waals surface area contributed by atoms with Gasteiger partial charge >= 0.3 is 0 Å². The third kappa shape index (κ3) is 5.14. The maximum atomic E-state index is 12.7. The van der Waals surface area contributed by atoms with Crippen molar-refractivity contribution in [3.05, 3.63) is 47.0 Å². The molecule has 2 aromatic rings. The van der Waals surface area contributed by atoms with Crippen LogP contribution in [0.4, 0.5) is 5.69 Å². The highest BCUT2D eigenvalue weighted by Gasteiger charge is 2.29. The number of hydrogen-bond acceptors (Lipinski definition) is 6. The van der Waals surface area contributed by atoms with E-state index in [4.69, 9.17) is 21.1 Å². The molecule has 1 saturated heterocycles. The molecule has 2 aliphatic heterocycles. The largest absolute Gasteiger partial charge is 0.490 e. The molecule has 166 valence electrons. The molecule has 0 saturated carbocycles. The van der Waals surface area contributed by atoms with Crippen LogP contribution in [-0.2, 0) is 14.6 Å². The number of amides is 1. The molecule has 0 spiro atoms. The van der Waals surface area contributed by atoms with Crippen molar-refractivity contribution >= 4 is 33.0 Å². The van der Waals surface area contributed by atoms with Gasteiger partial charge in [0, 0.05) is 18.7 Å². The Morgan fingerprint density at radius 3 is 2.68 bits per heavy atom. The molecule has 1 amide bonds. The first kappa shape index (κ1) is 21.9. The summed E-state index contributed by atoms with van der Waals surface area (Å²) in [5, 5.41) is 3.05. The summed E-state index contributed by atoms with van der Waals surface area (Å²) < 4.78 is 35.1. The number of carbonyl (C=O) groups is 1. The van der Waals surface area contributed by atoms with E-state index in [1.807, 2.05) is 18.2 Å². The highest BCUT2D eigenvalue weighted by atomic mass is 35.5. The Labute approximate surface area is 187 Å². The fraction of sp³-hybridized carbons (Fsp3) is 0.409. The molecule has 0 bridgehead atoms. The van der Waals surface area contributed by atoms with Crippen LogP contribution in [0.5, 0.6) is 11.5 Å². The molecule has 0 aliphatic carbocycles. The van der Waals surface area contributed by atoms with E-state index in [0.29, 0.717) is 23.9 Å². The van der Waals surface area contributed by atoms with Crippen LogP contribution in [0.25, 0.3) is 0 Å². The number of nitrogens with one attached hydrogen (secondary N) is 1. The first-order valence-electron chi connectivity index (χ1n) is 10.2. The first-order valence-corrected chi connectivity index (χ1v) is 12.5. The van der Waals surface area contributed by atoms with Crippen molar-refractivity contribution in [2.75, 3.05) is 37.9 Å². The second-order valence-electron chi connectivity index (χ2n) is 7.85. The summed E-state index contributed by atoms with van der Waals surface area (Å²) >= 11 is 6.16. The summed E-state index contributed by atoms with van der Waals surface area (Å²) in [5.41, 5.74) is 1.38. The lowest BCUT2D eigenvalue weighted by Gasteiger charge is -2.25. The smallest absolute Gasteiger partial charge is 0.238 e. The van der Waals surface area contributed by atoms with Crippen LogP contribution in [-0.4, -0.2) is 51.8 Å². The molecule has 9 heteroatoms. The van der Waals surface area contributed by atoms with Gasteiger partial charge < -0.3 is 14.8 Å². The summed E-state index contributed by atoms with van der Waals surface area (Å²) in [7, 11) is -3.40. The molecule has 0 aromatic heterocycles. The number of sulfone groups is 1. The van der Waals surface area contributed by atoms with Crippen molar-refractivity contribution in [1.82, 2.24) is 4.90 Å². The van der Waals surface area contributed by atoms with Gasteiger partial charge in [-0.25, -0.2) is 8.42 Å². The fourth-order valence-electron chi connectivity index (χ4n) is 3.99. The number of rotatable bonds is 5. The Morgan fingerprint density at radius 2 is 1.90 bits per heavy atom. The summed E-state index contributed by atoms with van der Waals surface area (Å²) in [6, 6.07) is 10.4. The number of carbonyl (C=O) groups excluding carboxylic acids is 1. The van der Waals surface area contributed by atoms with Gasteiger partial charge in [-0.15, -0.1) is 0 Å². The van der Waals surface area contributed by atoms with Crippen molar-refractivity contribution in [2.45, 2.75) is 30.2 Å². The predicted octanol–water partition coefficient (Wildman–Crippen LogP) is 3.68. The Kier molecular flexibility index (Phi) is 6.41. The van der Waals surface area contributed by atoms with Gasteiger partial charge in [-0.2, -0.15) is 0 Å². The zero-order valence-corrected chi connectivity index (χ0v) is 18.8. The summed E-state index contributed by atoms with van der Waals surface area (Å²) in [6.45, 7) is 2.24. The van der Waals surface area contributed by atoms with Crippen molar-refractivity contribution in [3.8, 4) is 11.5 Å². The number of likely N-dealkylation sites (tertiary alicyclic amines) is 1. The standard InChI is InChI=1S/C22H25ClN2O5S/c1-31(27,28)16-6-7-17(23)18(13-16)24-22(26)14-25-9-2-4-19(25)15-5-8-20-21(12-15)30-11-3-10-29-20/h5-8,12-13,19H,2-4,9-11,14H2,1H3,(H,24,26)/t19-/m0/s1. The lowest BCUT2D eigenvalue weighted by molar-refractivity contribution is -0.117. The number of hydrogen-bond donors (Lipinski definition) is 1. The predicted molar refractivity (Wildman–Crippen MR) is 119 cm³/mol. The maximum absolute atomic E-state index is 12.7.